The van der Waals surface area contributed by atoms with Crippen LogP contribution < -0.4 is 0 Å². The van der Waals surface area contributed by atoms with Gasteiger partial charge in [-0.05, 0) is 13.8 Å². The van der Waals surface area contributed by atoms with Crippen LogP contribution in [0.15, 0.2) is 0 Å². The quantitative estimate of drug-likeness (QED) is 0.451. The maximum Gasteiger partial charge on any atom is 0.317 e. The predicted molar refractivity (Wildman–Crippen MR) is 59.3 cm³/mol. The number of rotatable bonds is 4. The lowest BCUT2D eigenvalue weighted by molar-refractivity contribution is -0.306. The molecule has 7 heteroatoms. The van der Waals surface area contributed by atoms with Crippen LogP contribution in [0.2, 0.25) is 0 Å². The van der Waals surface area contributed by atoms with Gasteiger partial charge in [0.1, 0.15) is 12.0 Å². The third-order valence-corrected chi connectivity index (χ3v) is 2.98. The maximum absolute atomic E-state index is 11.6. The van der Waals surface area contributed by atoms with Crippen LogP contribution in [0.25, 0.3) is 0 Å². The van der Waals surface area contributed by atoms with Crippen LogP contribution in [-0.4, -0.2) is 63.7 Å². The van der Waals surface area contributed by atoms with Gasteiger partial charge >= 0.3 is 5.97 Å². The van der Waals surface area contributed by atoms with Crippen LogP contribution >= 0.6 is 0 Å². The molecule has 5 atom stereocenters. The summed E-state index contributed by atoms with van der Waals surface area (Å²) in [5.74, 6) is -3.95. The predicted octanol–water partition coefficient (Wildman–Crippen LogP) is -1.62. The molecule has 0 aromatic rings. The Kier molecular flexibility index (Phi) is 5.06. The van der Waals surface area contributed by atoms with Crippen molar-refractivity contribution in [3.63, 3.8) is 0 Å². The molecular formula is C11H20O7. The summed E-state index contributed by atoms with van der Waals surface area (Å²) in [4.78, 5) is 11.6. The van der Waals surface area contributed by atoms with Gasteiger partial charge in [0.25, 0.3) is 0 Å². The van der Waals surface area contributed by atoms with E-state index in [1.165, 1.54) is 6.92 Å². The molecule has 0 aliphatic carbocycles. The molecule has 1 fully saturated rings. The summed E-state index contributed by atoms with van der Waals surface area (Å²) < 4.78 is 9.92. The van der Waals surface area contributed by atoms with Crippen LogP contribution in [0.5, 0.6) is 0 Å². The normalized spacial score (nSPS) is 38.2. The van der Waals surface area contributed by atoms with Gasteiger partial charge in [-0.15, -0.1) is 0 Å². The molecular weight excluding hydrogens is 244 g/mol. The highest BCUT2D eigenvalue weighted by Crippen LogP contribution is 2.34. The van der Waals surface area contributed by atoms with Crippen molar-refractivity contribution >= 4 is 5.97 Å². The molecule has 1 aliphatic rings. The second-order valence-corrected chi connectivity index (χ2v) is 4.49. The highest BCUT2D eigenvalue weighted by Gasteiger charge is 2.51. The Morgan fingerprint density at radius 2 is 2.22 bits per heavy atom. The Bertz CT molecular complexity index is 291. The second kappa shape index (κ2) is 5.94. The molecule has 0 aromatic heterocycles. The van der Waals surface area contributed by atoms with Gasteiger partial charge in [-0.1, -0.05) is 0 Å². The van der Waals surface area contributed by atoms with Crippen molar-refractivity contribution in [2.75, 3.05) is 13.2 Å². The van der Waals surface area contributed by atoms with Crippen LogP contribution in [0, 0.1) is 5.92 Å². The van der Waals surface area contributed by atoms with Crippen molar-refractivity contribution in [3.8, 4) is 0 Å². The van der Waals surface area contributed by atoms with Crippen LogP contribution in [-0.2, 0) is 14.3 Å². The maximum atomic E-state index is 11.6. The molecule has 1 saturated heterocycles. The highest BCUT2D eigenvalue weighted by molar-refractivity contribution is 5.74. The van der Waals surface area contributed by atoms with Gasteiger partial charge in [0.15, 0.2) is 5.79 Å². The average Bonchev–Trinajstić information content (AvgIpc) is 2.26. The number of aliphatic hydroxyl groups is 4. The SMILES string of the molecule is CCOC(=O)[C@@H]1[C@@H](O)C[C@@H]([C@H](O)CO)O[C@]1(C)O. The molecule has 0 unspecified atom stereocenters. The third kappa shape index (κ3) is 3.18. The minimum absolute atomic E-state index is 0.0681. The van der Waals surface area contributed by atoms with E-state index in [0.717, 1.165) is 0 Å². The van der Waals surface area contributed by atoms with E-state index in [0.29, 0.717) is 0 Å². The number of esters is 1. The van der Waals surface area contributed by atoms with Crippen LogP contribution in [0.3, 0.4) is 0 Å². The van der Waals surface area contributed by atoms with Gasteiger partial charge in [-0.2, -0.15) is 0 Å². The minimum Gasteiger partial charge on any atom is -0.466 e. The monoisotopic (exact) mass is 264 g/mol. The van der Waals surface area contributed by atoms with E-state index in [4.69, 9.17) is 14.6 Å². The molecule has 1 heterocycles. The lowest BCUT2D eigenvalue weighted by Crippen LogP contribution is -2.58. The Morgan fingerprint density at radius 3 is 2.67 bits per heavy atom. The van der Waals surface area contributed by atoms with E-state index >= 15 is 0 Å². The van der Waals surface area contributed by atoms with Gasteiger partial charge in [-0.3, -0.25) is 4.79 Å². The molecule has 0 saturated carbocycles. The summed E-state index contributed by atoms with van der Waals surface area (Å²) in [6, 6.07) is 0. The second-order valence-electron chi connectivity index (χ2n) is 4.49. The summed E-state index contributed by atoms with van der Waals surface area (Å²) in [7, 11) is 0. The van der Waals surface area contributed by atoms with Crippen molar-refractivity contribution < 1.29 is 34.7 Å². The topological polar surface area (TPSA) is 116 Å². The summed E-state index contributed by atoms with van der Waals surface area (Å²) in [5.41, 5.74) is 0. The first-order valence-electron chi connectivity index (χ1n) is 5.87. The van der Waals surface area contributed by atoms with Gasteiger partial charge < -0.3 is 29.9 Å². The zero-order valence-electron chi connectivity index (χ0n) is 10.4. The first-order chi connectivity index (χ1) is 8.33. The van der Waals surface area contributed by atoms with E-state index in [9.17, 15) is 20.1 Å². The van der Waals surface area contributed by atoms with Gasteiger partial charge in [0.05, 0.1) is 25.4 Å². The smallest absolute Gasteiger partial charge is 0.317 e. The molecule has 0 radical (unpaired) electrons. The van der Waals surface area contributed by atoms with E-state index in [1.54, 1.807) is 6.92 Å². The zero-order chi connectivity index (χ0) is 13.9. The lowest BCUT2D eigenvalue weighted by atomic mass is 9.85. The summed E-state index contributed by atoms with van der Waals surface area (Å²) >= 11 is 0. The van der Waals surface area contributed by atoms with Crippen LogP contribution in [0.4, 0.5) is 0 Å². The average molecular weight is 264 g/mol. The summed E-state index contributed by atoms with van der Waals surface area (Å²) in [6.07, 6.45) is -3.44. The number of carbonyl (C=O) groups excluding carboxylic acids is 1. The standard InChI is InChI=1S/C11H20O7/c1-3-17-10(15)9-6(13)4-8(7(14)5-12)18-11(9,2)16/h6-9,12-14,16H,3-5H2,1-2H3/t6-,7+,8-,9-,11-/m0/s1. The molecule has 18 heavy (non-hydrogen) atoms. The Labute approximate surface area is 105 Å². The number of carbonyl (C=O) groups is 1. The molecule has 7 nitrogen and oxygen atoms in total. The third-order valence-electron chi connectivity index (χ3n) is 2.98. The fraction of sp³-hybridized carbons (Fsp3) is 0.909. The molecule has 0 bridgehead atoms. The lowest BCUT2D eigenvalue weighted by Gasteiger charge is -2.43. The Morgan fingerprint density at radius 1 is 1.61 bits per heavy atom. The van der Waals surface area contributed by atoms with Crippen molar-refractivity contribution in [2.45, 2.75) is 44.4 Å². The number of hydrogen-bond acceptors (Lipinski definition) is 7. The molecule has 0 amide bonds. The summed E-state index contributed by atoms with van der Waals surface area (Å²) in [5, 5.41) is 38.2. The first-order valence-corrected chi connectivity index (χ1v) is 5.87. The Hall–Kier alpha value is -0.730. The minimum atomic E-state index is -1.95. The van der Waals surface area contributed by atoms with Crippen molar-refractivity contribution in [3.05, 3.63) is 0 Å². The number of hydrogen-bond donors (Lipinski definition) is 4. The molecule has 4 N–H and O–H groups in total. The van der Waals surface area contributed by atoms with Gasteiger partial charge in [0.2, 0.25) is 0 Å². The van der Waals surface area contributed by atoms with Crippen molar-refractivity contribution in [1.82, 2.24) is 0 Å². The van der Waals surface area contributed by atoms with Crippen LogP contribution in [0.1, 0.15) is 20.3 Å². The van der Waals surface area contributed by atoms with E-state index < -0.39 is 42.6 Å². The Balaban J connectivity index is 2.82. The van der Waals surface area contributed by atoms with E-state index in [2.05, 4.69) is 0 Å². The number of ether oxygens (including phenoxy) is 2. The molecule has 0 aromatic carbocycles. The van der Waals surface area contributed by atoms with Gasteiger partial charge in [0, 0.05) is 6.42 Å². The van der Waals surface area contributed by atoms with Crippen molar-refractivity contribution in [1.29, 1.82) is 0 Å². The first kappa shape index (κ1) is 15.3. The van der Waals surface area contributed by atoms with E-state index in [1.807, 2.05) is 0 Å². The highest BCUT2D eigenvalue weighted by atomic mass is 16.6. The zero-order valence-corrected chi connectivity index (χ0v) is 10.4. The van der Waals surface area contributed by atoms with Crippen molar-refractivity contribution in [2.24, 2.45) is 5.92 Å². The van der Waals surface area contributed by atoms with Gasteiger partial charge in [-0.25, -0.2) is 0 Å². The molecule has 1 aliphatic heterocycles. The molecule has 1 rings (SSSR count). The number of aliphatic hydroxyl groups excluding tert-OH is 3. The summed E-state index contributed by atoms with van der Waals surface area (Å²) in [6.45, 7) is 2.40. The largest absolute Gasteiger partial charge is 0.466 e. The fourth-order valence-corrected chi connectivity index (χ4v) is 2.12. The molecule has 106 valence electrons. The van der Waals surface area contributed by atoms with E-state index in [-0.39, 0.29) is 13.0 Å². The fourth-order valence-electron chi connectivity index (χ4n) is 2.12. The molecule has 0 spiro atoms.